The third-order valence-electron chi connectivity index (χ3n) is 10.9. The first-order chi connectivity index (χ1) is 27.7. The summed E-state index contributed by atoms with van der Waals surface area (Å²) in [5, 5.41) is 7.00. The van der Waals surface area contributed by atoms with Gasteiger partial charge in [-0.3, -0.25) is 0 Å². The van der Waals surface area contributed by atoms with E-state index in [-0.39, 0.29) is 36.2 Å². The molecule has 0 spiro atoms. The lowest BCUT2D eigenvalue weighted by Gasteiger charge is -2.53. The molecule has 328 valence electrons. The fraction of sp³-hybridized carbons (Fsp3) is 0.538. The van der Waals surface area contributed by atoms with Crippen LogP contribution in [0.1, 0.15) is 138 Å². The molecule has 0 radical (unpaired) electrons. The number of benzene rings is 4. The molecule has 0 unspecified atom stereocenters. The largest absolute Gasteiger partial charge is 0.329 e. The average molecular weight is 883 g/mol. The second kappa shape index (κ2) is 22.5. The van der Waals surface area contributed by atoms with Gasteiger partial charge in [-0.25, -0.2) is 0 Å². The fourth-order valence-electron chi connectivity index (χ4n) is 9.61. The molecule has 0 aromatic heterocycles. The van der Waals surface area contributed by atoms with Crippen LogP contribution >= 0.6 is 31.2 Å². The van der Waals surface area contributed by atoms with Crippen LogP contribution in [-0.4, -0.2) is 67.0 Å². The molecule has 60 heavy (non-hydrogen) atoms. The van der Waals surface area contributed by atoms with Gasteiger partial charge in [0, 0.05) is 0 Å². The van der Waals surface area contributed by atoms with Crippen LogP contribution in [0, 0.1) is 0 Å². The predicted octanol–water partition coefficient (Wildman–Crippen LogP) is 14.6. The van der Waals surface area contributed by atoms with Crippen molar-refractivity contribution in [2.45, 2.75) is 183 Å². The zero-order chi connectivity index (χ0) is 45.4. The monoisotopic (exact) mass is 883 g/mol. The number of rotatable bonds is 14. The van der Waals surface area contributed by atoms with Crippen LogP contribution in [0.2, 0.25) is 0 Å². The number of nitrogens with zero attached hydrogens (tertiary/aromatic N) is 2. The summed E-state index contributed by atoms with van der Waals surface area (Å²) < 4.78 is 0. The summed E-state index contributed by atoms with van der Waals surface area (Å²) in [5.41, 5.74) is 0. The predicted molar refractivity (Wildman–Crippen MR) is 287 cm³/mol. The first-order valence-corrected chi connectivity index (χ1v) is 28.3. The molecule has 8 heteroatoms. The van der Waals surface area contributed by atoms with Crippen molar-refractivity contribution in [3.8, 4) is 0 Å². The van der Waals surface area contributed by atoms with Gasteiger partial charge in [-0.15, -0.1) is 15.6 Å². The second-order valence-corrected chi connectivity index (χ2v) is 34.6. The van der Waals surface area contributed by atoms with E-state index in [2.05, 4.69) is 269 Å². The van der Waals surface area contributed by atoms with E-state index < -0.39 is 15.6 Å². The van der Waals surface area contributed by atoms with Crippen LogP contribution in [0.5, 0.6) is 0 Å². The lowest BCUT2D eigenvalue weighted by molar-refractivity contribution is 0.314. The fourth-order valence-corrected chi connectivity index (χ4v) is 30.8. The minimum atomic E-state index is -0.532. The van der Waals surface area contributed by atoms with Gasteiger partial charge in [-0.1, -0.05) is 275 Å². The van der Waals surface area contributed by atoms with Crippen LogP contribution < -0.4 is 21.2 Å². The molecule has 0 bridgehead atoms. The summed E-state index contributed by atoms with van der Waals surface area (Å²) in [6, 6.07) is 47.3. The second-order valence-electron chi connectivity index (χ2n) is 21.5. The zero-order valence-electron chi connectivity index (χ0n) is 41.7. The summed E-state index contributed by atoms with van der Waals surface area (Å²) in [7, 11) is -1.75. The van der Waals surface area contributed by atoms with Crippen molar-refractivity contribution >= 4 is 65.0 Å². The molecule has 0 heterocycles. The van der Waals surface area contributed by atoms with Crippen molar-refractivity contribution in [2.75, 3.05) is 0 Å². The van der Waals surface area contributed by atoms with E-state index in [4.69, 9.17) is 0 Å². The van der Waals surface area contributed by atoms with Gasteiger partial charge in [0.25, 0.3) is 12.6 Å². The SMILES string of the molecule is CC(C)N(B(P(c1ccccc1)c1ccccc1)P(C(C)(C)C)C(C)(C)C)C(C)C.CC(C)N(B(P(c1ccccc1)c1ccccc1)P(C(C)(C)C)C(C)(C)C)C(C)C. The summed E-state index contributed by atoms with van der Waals surface area (Å²) in [6.45, 7) is 48.7. The van der Waals surface area contributed by atoms with Crippen molar-refractivity contribution < 1.29 is 0 Å². The van der Waals surface area contributed by atoms with Gasteiger partial charge in [-0.05, 0) is 66.0 Å². The molecule has 4 aromatic rings. The quantitative estimate of drug-likeness (QED) is 0.0920. The molecule has 4 rings (SSSR count). The van der Waals surface area contributed by atoms with Crippen LogP contribution in [0.15, 0.2) is 121 Å². The molecule has 0 atom stereocenters. The normalized spacial score (nSPS) is 13.2. The van der Waals surface area contributed by atoms with Crippen molar-refractivity contribution in [3.63, 3.8) is 0 Å². The van der Waals surface area contributed by atoms with E-state index >= 15 is 0 Å². The Morgan fingerprint density at radius 2 is 0.483 bits per heavy atom. The molecule has 0 amide bonds. The molecule has 0 aliphatic heterocycles. The smallest absolute Gasteiger partial charge is 0.293 e. The minimum absolute atomic E-state index is 0.254. The molecular formula is C52H84B2N2P4. The average Bonchev–Trinajstić information content (AvgIpc) is 3.11. The van der Waals surface area contributed by atoms with Gasteiger partial charge in [0.2, 0.25) is 0 Å². The van der Waals surface area contributed by atoms with E-state index in [1.54, 1.807) is 0 Å². The maximum absolute atomic E-state index is 2.84. The van der Waals surface area contributed by atoms with E-state index in [9.17, 15) is 0 Å². The number of hydrogen-bond donors (Lipinski definition) is 0. The van der Waals surface area contributed by atoms with Crippen LogP contribution in [0.25, 0.3) is 0 Å². The minimum Gasteiger partial charge on any atom is -0.329 e. The molecule has 0 saturated carbocycles. The highest BCUT2D eigenvalue weighted by molar-refractivity contribution is 8.25. The first-order valence-electron chi connectivity index (χ1n) is 22.6. The number of hydrogen-bond acceptors (Lipinski definition) is 2. The molecule has 4 aromatic carbocycles. The molecule has 0 aliphatic rings. The Hall–Kier alpha value is -1.35. The van der Waals surface area contributed by atoms with E-state index in [0.29, 0.717) is 36.7 Å². The maximum Gasteiger partial charge on any atom is 0.293 e. The van der Waals surface area contributed by atoms with E-state index in [1.807, 2.05) is 0 Å². The van der Waals surface area contributed by atoms with Gasteiger partial charge in [-0.2, -0.15) is 0 Å². The Bertz CT molecular complexity index is 1540. The Kier molecular flexibility index (Phi) is 19.9. The van der Waals surface area contributed by atoms with Gasteiger partial charge < -0.3 is 9.62 Å². The third-order valence-corrected chi connectivity index (χ3v) is 25.8. The summed E-state index contributed by atoms with van der Waals surface area (Å²) >= 11 is 0. The lowest BCUT2D eigenvalue weighted by atomic mass is 10.1. The highest BCUT2D eigenvalue weighted by Gasteiger charge is 2.52. The summed E-state index contributed by atoms with van der Waals surface area (Å²) in [4.78, 5) is 5.68. The van der Waals surface area contributed by atoms with Crippen molar-refractivity contribution in [1.82, 2.24) is 9.62 Å². The molecule has 2 nitrogen and oxygen atoms in total. The zero-order valence-corrected chi connectivity index (χ0v) is 45.3. The molecule has 0 fully saturated rings. The maximum atomic E-state index is 2.84. The van der Waals surface area contributed by atoms with Crippen molar-refractivity contribution in [2.24, 2.45) is 0 Å². The van der Waals surface area contributed by atoms with Crippen LogP contribution in [0.3, 0.4) is 0 Å². The van der Waals surface area contributed by atoms with Gasteiger partial charge in [0.05, 0.1) is 0 Å². The standard InChI is InChI=1S/2C26H42BNP2/c2*1-21(2)28(22(3)4)27(30(25(5,6)7)26(8,9)10)29(23-17-13-11-14-18-23)24-19-15-12-16-20-24/h2*11-22H,1-10H3. The highest BCUT2D eigenvalue weighted by atomic mass is 31.2. The summed E-state index contributed by atoms with van der Waals surface area (Å²) in [5.74, 6) is 0. The van der Waals surface area contributed by atoms with Crippen LogP contribution in [0.4, 0.5) is 0 Å². The Labute approximate surface area is 377 Å². The molecular weight excluding hydrogens is 798 g/mol. The van der Waals surface area contributed by atoms with Crippen molar-refractivity contribution in [3.05, 3.63) is 121 Å². The Morgan fingerprint density at radius 3 is 0.617 bits per heavy atom. The Balaban J connectivity index is 0.000000320. The molecule has 0 N–H and O–H groups in total. The lowest BCUT2D eigenvalue weighted by Crippen LogP contribution is -2.53. The Morgan fingerprint density at radius 1 is 0.317 bits per heavy atom. The van der Waals surface area contributed by atoms with Crippen LogP contribution in [-0.2, 0) is 0 Å². The van der Waals surface area contributed by atoms with E-state index in [1.165, 1.54) is 21.2 Å². The summed E-state index contributed by atoms with van der Waals surface area (Å²) in [6.07, 6.45) is 1.03. The van der Waals surface area contributed by atoms with Crippen molar-refractivity contribution in [1.29, 1.82) is 0 Å². The van der Waals surface area contributed by atoms with E-state index in [0.717, 1.165) is 0 Å². The highest BCUT2D eigenvalue weighted by Crippen LogP contribution is 2.70. The van der Waals surface area contributed by atoms with Gasteiger partial charge >= 0.3 is 0 Å². The third kappa shape index (κ3) is 14.3. The first kappa shape index (κ1) is 53.0. The van der Waals surface area contributed by atoms with Gasteiger partial charge in [0.1, 0.15) is 0 Å². The topological polar surface area (TPSA) is 6.48 Å². The van der Waals surface area contributed by atoms with Gasteiger partial charge in [0.15, 0.2) is 0 Å². The molecule has 0 aliphatic carbocycles. The molecule has 0 saturated heterocycles.